The molecule has 1 heterocycles. The SMILES string of the molecule is CCC(CC)C(=O)N1CCCC[C@@H]1C(=O)O. The summed E-state index contributed by atoms with van der Waals surface area (Å²) in [5.74, 6) is -0.851. The molecule has 92 valence electrons. The molecule has 1 aliphatic heterocycles. The van der Waals surface area contributed by atoms with Crippen LogP contribution in [0.5, 0.6) is 0 Å². The zero-order valence-corrected chi connectivity index (χ0v) is 10.1. The summed E-state index contributed by atoms with van der Waals surface area (Å²) in [5, 5.41) is 9.09. The van der Waals surface area contributed by atoms with Crippen LogP contribution in [0.3, 0.4) is 0 Å². The van der Waals surface area contributed by atoms with Crippen LogP contribution in [0.1, 0.15) is 46.0 Å². The molecule has 0 aromatic heterocycles. The minimum absolute atomic E-state index is 0.0139. The van der Waals surface area contributed by atoms with Crippen molar-refractivity contribution in [3.8, 4) is 0 Å². The fourth-order valence-electron chi connectivity index (χ4n) is 2.32. The number of hydrogen-bond donors (Lipinski definition) is 1. The summed E-state index contributed by atoms with van der Waals surface area (Å²) in [4.78, 5) is 24.8. The minimum Gasteiger partial charge on any atom is -0.480 e. The van der Waals surface area contributed by atoms with Crippen molar-refractivity contribution in [1.82, 2.24) is 4.90 Å². The van der Waals surface area contributed by atoms with Crippen molar-refractivity contribution in [2.24, 2.45) is 5.92 Å². The molecule has 1 fully saturated rings. The molecule has 1 rings (SSSR count). The molecule has 1 atom stereocenters. The quantitative estimate of drug-likeness (QED) is 0.797. The average molecular weight is 227 g/mol. The van der Waals surface area contributed by atoms with Crippen molar-refractivity contribution in [1.29, 1.82) is 0 Å². The summed E-state index contributed by atoms with van der Waals surface area (Å²) < 4.78 is 0. The Morgan fingerprint density at radius 3 is 2.44 bits per heavy atom. The van der Waals surface area contributed by atoms with E-state index in [1.165, 1.54) is 0 Å². The highest BCUT2D eigenvalue weighted by Gasteiger charge is 2.34. The highest BCUT2D eigenvalue weighted by molar-refractivity contribution is 5.85. The summed E-state index contributed by atoms with van der Waals surface area (Å²) in [5.41, 5.74) is 0. The number of carbonyl (C=O) groups excluding carboxylic acids is 1. The Morgan fingerprint density at radius 2 is 1.94 bits per heavy atom. The molecule has 0 spiro atoms. The molecule has 4 nitrogen and oxygen atoms in total. The molecule has 1 amide bonds. The predicted molar refractivity (Wildman–Crippen MR) is 61.1 cm³/mol. The first-order valence-electron chi connectivity index (χ1n) is 6.15. The van der Waals surface area contributed by atoms with E-state index >= 15 is 0 Å². The van der Waals surface area contributed by atoms with Crippen molar-refractivity contribution in [2.45, 2.75) is 52.0 Å². The fourth-order valence-corrected chi connectivity index (χ4v) is 2.32. The molecule has 0 saturated carbocycles. The lowest BCUT2D eigenvalue weighted by atomic mass is 9.96. The molecule has 0 aromatic rings. The Morgan fingerprint density at radius 1 is 1.31 bits per heavy atom. The molecular formula is C12H21NO3. The maximum absolute atomic E-state index is 12.1. The third kappa shape index (κ3) is 2.74. The second kappa shape index (κ2) is 5.87. The summed E-state index contributed by atoms with van der Waals surface area (Å²) in [6.07, 6.45) is 4.01. The van der Waals surface area contributed by atoms with Gasteiger partial charge in [0.15, 0.2) is 0 Å². The number of carboxylic acids is 1. The van der Waals surface area contributed by atoms with Gasteiger partial charge in [-0.2, -0.15) is 0 Å². The van der Waals surface area contributed by atoms with Crippen LogP contribution in [-0.2, 0) is 9.59 Å². The largest absolute Gasteiger partial charge is 0.480 e. The first kappa shape index (κ1) is 13.0. The number of likely N-dealkylation sites (tertiary alicyclic amines) is 1. The molecule has 4 heteroatoms. The Bertz CT molecular complexity index is 261. The number of hydrogen-bond acceptors (Lipinski definition) is 2. The van der Waals surface area contributed by atoms with Crippen molar-refractivity contribution in [3.63, 3.8) is 0 Å². The van der Waals surface area contributed by atoms with Gasteiger partial charge >= 0.3 is 5.97 Å². The highest BCUT2D eigenvalue weighted by Crippen LogP contribution is 2.21. The second-order valence-electron chi connectivity index (χ2n) is 4.39. The van der Waals surface area contributed by atoms with Crippen LogP contribution in [0.4, 0.5) is 0 Å². The third-order valence-corrected chi connectivity index (χ3v) is 3.41. The van der Waals surface area contributed by atoms with E-state index < -0.39 is 12.0 Å². The second-order valence-corrected chi connectivity index (χ2v) is 4.39. The van der Waals surface area contributed by atoms with E-state index in [9.17, 15) is 9.59 Å². The van der Waals surface area contributed by atoms with E-state index in [0.29, 0.717) is 13.0 Å². The van der Waals surface area contributed by atoms with E-state index in [1.54, 1.807) is 4.90 Å². The molecule has 0 unspecified atom stereocenters. The molecule has 1 saturated heterocycles. The van der Waals surface area contributed by atoms with E-state index in [0.717, 1.165) is 25.7 Å². The van der Waals surface area contributed by atoms with Gasteiger partial charge in [0.25, 0.3) is 0 Å². The van der Waals surface area contributed by atoms with Gasteiger partial charge < -0.3 is 10.0 Å². The first-order valence-corrected chi connectivity index (χ1v) is 6.15. The van der Waals surface area contributed by atoms with Crippen LogP contribution in [0, 0.1) is 5.92 Å². The van der Waals surface area contributed by atoms with Crippen molar-refractivity contribution in [3.05, 3.63) is 0 Å². The summed E-state index contributed by atoms with van der Waals surface area (Å²) >= 11 is 0. The van der Waals surface area contributed by atoms with Gasteiger partial charge in [0.05, 0.1) is 0 Å². The smallest absolute Gasteiger partial charge is 0.326 e. The zero-order valence-electron chi connectivity index (χ0n) is 10.1. The maximum atomic E-state index is 12.1. The number of aliphatic carboxylic acids is 1. The van der Waals surface area contributed by atoms with Gasteiger partial charge in [0, 0.05) is 12.5 Å². The van der Waals surface area contributed by atoms with Gasteiger partial charge in [-0.15, -0.1) is 0 Å². The average Bonchev–Trinajstić information content (AvgIpc) is 2.30. The van der Waals surface area contributed by atoms with Crippen LogP contribution in [0.2, 0.25) is 0 Å². The molecule has 0 aromatic carbocycles. The molecule has 0 bridgehead atoms. The number of nitrogens with zero attached hydrogens (tertiary/aromatic N) is 1. The third-order valence-electron chi connectivity index (χ3n) is 3.41. The van der Waals surface area contributed by atoms with Crippen LogP contribution in [0.15, 0.2) is 0 Å². The van der Waals surface area contributed by atoms with E-state index in [4.69, 9.17) is 5.11 Å². The fraction of sp³-hybridized carbons (Fsp3) is 0.833. The number of rotatable bonds is 4. The van der Waals surface area contributed by atoms with Crippen LogP contribution < -0.4 is 0 Å². The highest BCUT2D eigenvalue weighted by atomic mass is 16.4. The summed E-state index contributed by atoms with van der Waals surface area (Å²) in [6, 6.07) is -0.596. The lowest BCUT2D eigenvalue weighted by molar-refractivity contribution is -0.154. The molecule has 1 aliphatic rings. The van der Waals surface area contributed by atoms with Crippen LogP contribution in [0.25, 0.3) is 0 Å². The Labute approximate surface area is 96.6 Å². The summed E-state index contributed by atoms with van der Waals surface area (Å²) in [7, 11) is 0. The molecule has 0 radical (unpaired) electrons. The van der Waals surface area contributed by atoms with Crippen LogP contribution in [-0.4, -0.2) is 34.5 Å². The Balaban J connectivity index is 2.74. The number of carboxylic acid groups (broad SMARTS) is 1. The zero-order chi connectivity index (χ0) is 12.1. The van der Waals surface area contributed by atoms with Crippen molar-refractivity contribution in [2.75, 3.05) is 6.54 Å². The Kier molecular flexibility index (Phi) is 4.77. The standard InChI is InChI=1S/C12H21NO3/c1-3-9(4-2)11(14)13-8-6-5-7-10(13)12(15)16/h9-10H,3-8H2,1-2H3,(H,15,16)/t10-/m1/s1. The van der Waals surface area contributed by atoms with E-state index in [1.807, 2.05) is 13.8 Å². The van der Waals surface area contributed by atoms with E-state index in [2.05, 4.69) is 0 Å². The molecule has 0 aliphatic carbocycles. The van der Waals surface area contributed by atoms with Crippen molar-refractivity contribution >= 4 is 11.9 Å². The summed E-state index contributed by atoms with van der Waals surface area (Å²) in [6.45, 7) is 4.56. The monoisotopic (exact) mass is 227 g/mol. The van der Waals surface area contributed by atoms with Gasteiger partial charge in [-0.05, 0) is 32.1 Å². The van der Waals surface area contributed by atoms with Gasteiger partial charge in [-0.1, -0.05) is 13.8 Å². The van der Waals surface area contributed by atoms with Crippen LogP contribution >= 0.6 is 0 Å². The van der Waals surface area contributed by atoms with E-state index in [-0.39, 0.29) is 11.8 Å². The predicted octanol–water partition coefficient (Wildman–Crippen LogP) is 1.89. The minimum atomic E-state index is -0.862. The Hall–Kier alpha value is -1.06. The number of amides is 1. The van der Waals surface area contributed by atoms with Gasteiger partial charge in [0.2, 0.25) is 5.91 Å². The number of carbonyl (C=O) groups is 2. The molecule has 16 heavy (non-hydrogen) atoms. The van der Waals surface area contributed by atoms with Gasteiger partial charge in [-0.25, -0.2) is 4.79 Å². The maximum Gasteiger partial charge on any atom is 0.326 e. The van der Waals surface area contributed by atoms with Gasteiger partial charge in [0.1, 0.15) is 6.04 Å². The lowest BCUT2D eigenvalue weighted by Crippen LogP contribution is -2.50. The molecule has 1 N–H and O–H groups in total. The first-order chi connectivity index (χ1) is 7.61. The lowest BCUT2D eigenvalue weighted by Gasteiger charge is -2.35. The topological polar surface area (TPSA) is 57.6 Å². The number of piperidine rings is 1. The normalized spacial score (nSPS) is 21.2. The molecular weight excluding hydrogens is 206 g/mol. The van der Waals surface area contributed by atoms with Crippen molar-refractivity contribution < 1.29 is 14.7 Å². The van der Waals surface area contributed by atoms with Gasteiger partial charge in [-0.3, -0.25) is 4.79 Å².